The van der Waals surface area contributed by atoms with Crippen molar-refractivity contribution >= 4 is 38.8 Å². The molecule has 0 saturated heterocycles. The van der Waals surface area contributed by atoms with E-state index in [2.05, 4.69) is 16.3 Å². The summed E-state index contributed by atoms with van der Waals surface area (Å²) < 4.78 is 8.01. The van der Waals surface area contributed by atoms with Crippen LogP contribution in [0.15, 0.2) is 101 Å². The van der Waals surface area contributed by atoms with Crippen molar-refractivity contribution in [3.8, 4) is 44.7 Å². The molecule has 36 heavy (non-hydrogen) atoms. The number of furan rings is 1. The topological polar surface area (TPSA) is 69.1 Å². The van der Waals surface area contributed by atoms with Gasteiger partial charge in [0.1, 0.15) is 16.5 Å². The van der Waals surface area contributed by atoms with Gasteiger partial charge < -0.3 is 4.42 Å². The highest BCUT2D eigenvalue weighted by Gasteiger charge is 2.18. The Morgan fingerprint density at radius 3 is 2.39 bits per heavy atom. The molecule has 0 unspecified atom stereocenters. The van der Waals surface area contributed by atoms with Crippen molar-refractivity contribution in [2.75, 3.05) is 0 Å². The maximum absolute atomic E-state index is 6.21. The molecule has 7 aromatic rings. The lowest BCUT2D eigenvalue weighted by molar-refractivity contribution is 0.595. The zero-order chi connectivity index (χ0) is 24.1. The Morgan fingerprint density at radius 2 is 1.53 bits per heavy atom. The lowest BCUT2D eigenvalue weighted by Gasteiger charge is -2.06. The van der Waals surface area contributed by atoms with Crippen molar-refractivity contribution in [3.63, 3.8) is 0 Å². The van der Waals surface area contributed by atoms with Gasteiger partial charge in [-0.25, -0.2) is 4.98 Å². The minimum atomic E-state index is 0.680. The molecule has 0 bridgehead atoms. The molecule has 172 valence electrons. The molecule has 0 aliphatic rings. The molecule has 3 aromatic carbocycles. The number of aromatic nitrogens is 5. The molecule has 4 aromatic heterocycles. The van der Waals surface area contributed by atoms with Crippen molar-refractivity contribution in [1.29, 1.82) is 0 Å². The van der Waals surface area contributed by atoms with Gasteiger partial charge in [0.25, 0.3) is 0 Å². The van der Waals surface area contributed by atoms with E-state index >= 15 is 0 Å². The molecule has 7 rings (SSSR count). The summed E-state index contributed by atoms with van der Waals surface area (Å²) in [6.07, 6.45) is 0. The van der Waals surface area contributed by atoms with Gasteiger partial charge in [-0.1, -0.05) is 71.5 Å². The summed E-state index contributed by atoms with van der Waals surface area (Å²) in [7, 11) is 0. The van der Waals surface area contributed by atoms with Crippen LogP contribution in [0.25, 0.3) is 60.6 Å². The lowest BCUT2D eigenvalue weighted by atomic mass is 10.1. The molecule has 0 fully saturated rings. The monoisotopic (exact) mass is 505 g/mol. The third-order valence-corrected chi connectivity index (χ3v) is 7.14. The number of halogens is 1. The van der Waals surface area contributed by atoms with Crippen LogP contribution in [0.3, 0.4) is 0 Å². The molecular weight excluding hydrogens is 490 g/mol. The molecule has 8 heteroatoms. The first kappa shape index (κ1) is 21.0. The van der Waals surface area contributed by atoms with Gasteiger partial charge in [0.15, 0.2) is 11.6 Å². The predicted octanol–water partition coefficient (Wildman–Crippen LogP) is 7.65. The van der Waals surface area contributed by atoms with E-state index < -0.39 is 0 Å². The summed E-state index contributed by atoms with van der Waals surface area (Å²) in [4.78, 5) is 5.62. The van der Waals surface area contributed by atoms with Crippen LogP contribution in [0.5, 0.6) is 0 Å². The van der Waals surface area contributed by atoms with Gasteiger partial charge in [-0.3, -0.25) is 0 Å². The fourth-order valence-electron chi connectivity index (χ4n) is 4.22. The fourth-order valence-corrected chi connectivity index (χ4v) is 5.21. The van der Waals surface area contributed by atoms with Crippen LogP contribution in [-0.2, 0) is 0 Å². The Hall–Kier alpha value is -4.33. The number of hydrogen-bond acceptors (Lipinski definition) is 6. The number of rotatable bonds is 4. The van der Waals surface area contributed by atoms with Crippen molar-refractivity contribution < 1.29 is 4.42 Å². The van der Waals surface area contributed by atoms with Crippen LogP contribution >= 0.6 is 22.9 Å². The van der Waals surface area contributed by atoms with E-state index in [9.17, 15) is 0 Å². The number of hydrogen-bond donors (Lipinski definition) is 0. The van der Waals surface area contributed by atoms with Crippen molar-refractivity contribution in [1.82, 2.24) is 24.8 Å². The van der Waals surface area contributed by atoms with Gasteiger partial charge in [0.2, 0.25) is 4.96 Å². The van der Waals surface area contributed by atoms with E-state index in [0.717, 1.165) is 49.0 Å². The molecule has 0 radical (unpaired) electrons. The van der Waals surface area contributed by atoms with E-state index in [4.69, 9.17) is 26.1 Å². The quantitative estimate of drug-likeness (QED) is 0.246. The van der Waals surface area contributed by atoms with E-state index in [1.54, 1.807) is 4.52 Å². The third-order valence-electron chi connectivity index (χ3n) is 5.96. The number of pyridine rings is 1. The predicted molar refractivity (Wildman–Crippen MR) is 143 cm³/mol. The zero-order valence-corrected chi connectivity index (χ0v) is 20.2. The summed E-state index contributed by atoms with van der Waals surface area (Å²) in [5.74, 6) is 2.15. The molecule has 0 aliphatic heterocycles. The fraction of sp³-hybridized carbons (Fsp3) is 0. The standard InChI is InChI=1S/C28H16ClN5OS/c29-19-12-10-17(11-13-19)24-14-15-25(35-24)23-16-21(20-8-4-5-9-22(20)30-23)27-33-34-26(31-32-28(34)36-27)18-6-2-1-3-7-18/h1-16H. The Kier molecular flexibility index (Phi) is 4.90. The maximum atomic E-state index is 6.21. The van der Waals surface area contributed by atoms with Gasteiger partial charge in [-0.05, 0) is 48.5 Å². The minimum Gasteiger partial charge on any atom is -0.454 e. The molecule has 0 amide bonds. The van der Waals surface area contributed by atoms with Crippen LogP contribution in [0.2, 0.25) is 5.02 Å². The van der Waals surface area contributed by atoms with Gasteiger partial charge in [-0.2, -0.15) is 9.61 Å². The average Bonchev–Trinajstić information content (AvgIpc) is 3.65. The number of benzene rings is 3. The van der Waals surface area contributed by atoms with Gasteiger partial charge >= 0.3 is 0 Å². The number of nitrogens with zero attached hydrogens (tertiary/aromatic N) is 5. The lowest BCUT2D eigenvalue weighted by Crippen LogP contribution is -1.92. The highest BCUT2D eigenvalue weighted by atomic mass is 35.5. The Labute approximate surface area is 214 Å². The highest BCUT2D eigenvalue weighted by Crippen LogP contribution is 2.36. The molecule has 0 saturated carbocycles. The van der Waals surface area contributed by atoms with E-state index in [0.29, 0.717) is 16.6 Å². The molecule has 0 N–H and O–H groups in total. The van der Waals surface area contributed by atoms with Gasteiger partial charge in [0.05, 0.1) is 5.52 Å². The zero-order valence-electron chi connectivity index (χ0n) is 18.7. The normalized spacial score (nSPS) is 11.5. The summed E-state index contributed by atoms with van der Waals surface area (Å²) in [5, 5.41) is 16.2. The first-order valence-corrected chi connectivity index (χ1v) is 12.5. The Bertz CT molecular complexity index is 1850. The largest absolute Gasteiger partial charge is 0.454 e. The second kappa shape index (κ2) is 8.41. The smallest absolute Gasteiger partial charge is 0.235 e. The highest BCUT2D eigenvalue weighted by molar-refractivity contribution is 7.20. The molecule has 0 spiro atoms. The van der Waals surface area contributed by atoms with E-state index in [-0.39, 0.29) is 0 Å². The molecular formula is C28H16ClN5OS. The average molecular weight is 506 g/mol. The SMILES string of the molecule is Clc1ccc(-c2ccc(-c3cc(-c4nn5c(-c6ccccc6)nnc5s4)c4ccccc4n3)o2)cc1. The van der Waals surface area contributed by atoms with Crippen LogP contribution in [0.1, 0.15) is 0 Å². The minimum absolute atomic E-state index is 0.680. The second-order valence-corrected chi connectivity index (χ2v) is 9.63. The summed E-state index contributed by atoms with van der Waals surface area (Å²) >= 11 is 7.54. The van der Waals surface area contributed by atoms with E-state index in [1.165, 1.54) is 11.3 Å². The Morgan fingerprint density at radius 1 is 0.750 bits per heavy atom. The van der Waals surface area contributed by atoms with Gasteiger partial charge in [-0.15, -0.1) is 10.2 Å². The third kappa shape index (κ3) is 3.57. The molecule has 0 atom stereocenters. The van der Waals surface area contributed by atoms with Crippen LogP contribution in [0.4, 0.5) is 0 Å². The first-order valence-electron chi connectivity index (χ1n) is 11.3. The van der Waals surface area contributed by atoms with Crippen LogP contribution in [0, 0.1) is 0 Å². The van der Waals surface area contributed by atoms with E-state index in [1.807, 2.05) is 91.0 Å². The molecule has 6 nitrogen and oxygen atoms in total. The summed E-state index contributed by atoms with van der Waals surface area (Å²) in [6, 6.07) is 31.5. The van der Waals surface area contributed by atoms with Crippen molar-refractivity contribution in [2.45, 2.75) is 0 Å². The van der Waals surface area contributed by atoms with Crippen LogP contribution in [-0.4, -0.2) is 24.8 Å². The Balaban J connectivity index is 1.36. The van der Waals surface area contributed by atoms with Crippen molar-refractivity contribution in [3.05, 3.63) is 102 Å². The number of fused-ring (bicyclic) bond motifs is 2. The number of para-hydroxylation sites is 1. The van der Waals surface area contributed by atoms with Gasteiger partial charge in [0, 0.05) is 27.1 Å². The van der Waals surface area contributed by atoms with Crippen LogP contribution < -0.4 is 0 Å². The second-order valence-electron chi connectivity index (χ2n) is 8.23. The summed E-state index contributed by atoms with van der Waals surface area (Å²) in [6.45, 7) is 0. The summed E-state index contributed by atoms with van der Waals surface area (Å²) in [5.41, 5.74) is 4.48. The van der Waals surface area contributed by atoms with Crippen molar-refractivity contribution in [2.24, 2.45) is 0 Å². The first-order chi connectivity index (χ1) is 17.7. The molecule has 4 heterocycles. The maximum Gasteiger partial charge on any atom is 0.235 e. The molecule has 0 aliphatic carbocycles.